The van der Waals surface area contributed by atoms with Gasteiger partial charge in [0.2, 0.25) is 10.0 Å². The molecule has 0 aromatic carbocycles. The van der Waals surface area contributed by atoms with Crippen molar-refractivity contribution in [1.29, 1.82) is 0 Å². The van der Waals surface area contributed by atoms with Gasteiger partial charge in [0.15, 0.2) is 4.90 Å². The molecule has 1 aromatic heterocycles. The van der Waals surface area contributed by atoms with Crippen molar-refractivity contribution in [3.05, 3.63) is 27.0 Å². The largest absolute Gasteiger partial charge is 0.330 e. The molecule has 0 atom stereocenters. The Kier molecular flexibility index (Phi) is 2.70. The molecule has 94 valence electrons. The van der Waals surface area contributed by atoms with Gasteiger partial charge in [-0.25, -0.2) is 17.9 Å². The number of rotatable bonds is 3. The van der Waals surface area contributed by atoms with Crippen molar-refractivity contribution in [2.75, 3.05) is 0 Å². The zero-order chi connectivity index (χ0) is 12.8. The summed E-state index contributed by atoms with van der Waals surface area (Å²) in [4.78, 5) is 22.7. The fraction of sp³-hybridized carbons (Fsp3) is 0.556. The van der Waals surface area contributed by atoms with Crippen molar-refractivity contribution < 1.29 is 8.42 Å². The van der Waals surface area contributed by atoms with E-state index in [2.05, 4.69) is 4.72 Å². The average molecular weight is 259 g/mol. The van der Waals surface area contributed by atoms with Crippen LogP contribution < -0.4 is 16.0 Å². The number of aromatic nitrogens is 2. The molecule has 0 radical (unpaired) electrons. The molecule has 0 saturated heterocycles. The van der Waals surface area contributed by atoms with E-state index in [1.807, 2.05) is 0 Å². The first-order valence-electron chi connectivity index (χ1n) is 5.12. The first kappa shape index (κ1) is 12.1. The fourth-order valence-electron chi connectivity index (χ4n) is 1.44. The second-order valence-corrected chi connectivity index (χ2v) is 5.83. The molecule has 0 amide bonds. The molecule has 7 nitrogen and oxygen atoms in total. The lowest BCUT2D eigenvalue weighted by Gasteiger charge is -2.08. The van der Waals surface area contributed by atoms with Gasteiger partial charge < -0.3 is 4.57 Å². The molecule has 1 aliphatic rings. The maximum atomic E-state index is 11.9. The minimum atomic E-state index is -3.83. The SMILES string of the molecule is Cn1cc(S(=O)(=O)NC2CC2)c(=O)n(C)c1=O. The van der Waals surface area contributed by atoms with Crippen LogP contribution in [0.15, 0.2) is 20.7 Å². The van der Waals surface area contributed by atoms with Crippen LogP contribution in [0.2, 0.25) is 0 Å². The van der Waals surface area contributed by atoms with Gasteiger partial charge >= 0.3 is 5.69 Å². The smallest absolute Gasteiger partial charge is 0.302 e. The maximum absolute atomic E-state index is 11.9. The highest BCUT2D eigenvalue weighted by Crippen LogP contribution is 2.20. The van der Waals surface area contributed by atoms with E-state index in [0.29, 0.717) is 0 Å². The van der Waals surface area contributed by atoms with Gasteiger partial charge in [-0.3, -0.25) is 9.36 Å². The first-order valence-corrected chi connectivity index (χ1v) is 6.60. The normalized spacial score (nSPS) is 16.1. The molecule has 17 heavy (non-hydrogen) atoms. The van der Waals surface area contributed by atoms with Gasteiger partial charge in [-0.15, -0.1) is 0 Å². The highest BCUT2D eigenvalue weighted by molar-refractivity contribution is 7.89. The third-order valence-corrected chi connectivity index (χ3v) is 4.11. The summed E-state index contributed by atoms with van der Waals surface area (Å²) >= 11 is 0. The quantitative estimate of drug-likeness (QED) is 0.717. The van der Waals surface area contributed by atoms with Gasteiger partial charge in [0, 0.05) is 26.3 Å². The Balaban J connectivity index is 2.59. The summed E-state index contributed by atoms with van der Waals surface area (Å²) in [7, 11) is -1.18. The summed E-state index contributed by atoms with van der Waals surface area (Å²) in [5.74, 6) is 0. The number of aryl methyl sites for hydroxylation is 1. The van der Waals surface area contributed by atoms with Crippen LogP contribution in [0.5, 0.6) is 0 Å². The minimum absolute atomic E-state index is 0.0815. The van der Waals surface area contributed by atoms with Crippen LogP contribution in [0.3, 0.4) is 0 Å². The summed E-state index contributed by atoms with van der Waals surface area (Å²) in [5.41, 5.74) is -1.36. The number of hydrogen-bond donors (Lipinski definition) is 1. The van der Waals surface area contributed by atoms with Crippen LogP contribution >= 0.6 is 0 Å². The summed E-state index contributed by atoms with van der Waals surface area (Å²) in [6.07, 6.45) is 2.62. The second-order valence-electron chi connectivity index (χ2n) is 4.15. The van der Waals surface area contributed by atoms with Crippen LogP contribution in [0, 0.1) is 0 Å². The summed E-state index contributed by atoms with van der Waals surface area (Å²) in [5, 5.41) is 0. The molecule has 1 aliphatic carbocycles. The number of hydrogen-bond acceptors (Lipinski definition) is 4. The monoisotopic (exact) mass is 259 g/mol. The van der Waals surface area contributed by atoms with E-state index in [0.717, 1.165) is 28.2 Å². The van der Waals surface area contributed by atoms with E-state index in [1.165, 1.54) is 14.1 Å². The third kappa shape index (κ3) is 2.18. The topological polar surface area (TPSA) is 90.2 Å². The predicted molar refractivity (Wildman–Crippen MR) is 60.3 cm³/mol. The van der Waals surface area contributed by atoms with Crippen molar-refractivity contribution in [2.45, 2.75) is 23.8 Å². The van der Waals surface area contributed by atoms with Gasteiger partial charge in [0.1, 0.15) is 0 Å². The van der Waals surface area contributed by atoms with E-state index in [9.17, 15) is 18.0 Å². The zero-order valence-corrected chi connectivity index (χ0v) is 10.3. The highest BCUT2D eigenvalue weighted by Gasteiger charge is 2.30. The Bertz CT molecular complexity index is 666. The minimum Gasteiger partial charge on any atom is -0.302 e. The van der Waals surface area contributed by atoms with Gasteiger partial charge in [-0.05, 0) is 12.8 Å². The van der Waals surface area contributed by atoms with E-state index < -0.39 is 26.2 Å². The van der Waals surface area contributed by atoms with Crippen molar-refractivity contribution in [2.24, 2.45) is 14.1 Å². The van der Waals surface area contributed by atoms with Crippen molar-refractivity contribution in [3.63, 3.8) is 0 Å². The lowest BCUT2D eigenvalue weighted by Crippen LogP contribution is -2.41. The van der Waals surface area contributed by atoms with Crippen LogP contribution in [0.4, 0.5) is 0 Å². The Morgan fingerprint density at radius 1 is 1.29 bits per heavy atom. The lowest BCUT2D eigenvalue weighted by atomic mass is 10.6. The maximum Gasteiger partial charge on any atom is 0.330 e. The van der Waals surface area contributed by atoms with Gasteiger partial charge in [0.25, 0.3) is 5.56 Å². The molecular weight excluding hydrogens is 246 g/mol. The van der Waals surface area contributed by atoms with Crippen molar-refractivity contribution >= 4 is 10.0 Å². The zero-order valence-electron chi connectivity index (χ0n) is 9.50. The Labute approximate surface area is 97.7 Å². The van der Waals surface area contributed by atoms with Crippen molar-refractivity contribution in [3.8, 4) is 0 Å². The molecule has 0 unspecified atom stereocenters. The van der Waals surface area contributed by atoms with Crippen LogP contribution in [-0.4, -0.2) is 23.6 Å². The molecule has 0 aliphatic heterocycles. The number of nitrogens with one attached hydrogen (secondary N) is 1. The average Bonchev–Trinajstić information content (AvgIpc) is 3.03. The Hall–Kier alpha value is -1.41. The summed E-state index contributed by atoms with van der Waals surface area (Å²) < 4.78 is 28.0. The van der Waals surface area contributed by atoms with Gasteiger partial charge in [-0.2, -0.15) is 0 Å². The lowest BCUT2D eigenvalue weighted by molar-refractivity contribution is 0.570. The van der Waals surface area contributed by atoms with E-state index in [1.54, 1.807) is 0 Å². The van der Waals surface area contributed by atoms with Crippen LogP contribution in [0.25, 0.3) is 0 Å². The third-order valence-electron chi connectivity index (χ3n) is 2.60. The standard InChI is InChI=1S/C9H13N3O4S/c1-11-5-7(8(13)12(2)9(11)14)17(15,16)10-6-3-4-6/h5-6,10H,3-4H2,1-2H3. The molecular formula is C9H13N3O4S. The Morgan fingerprint density at radius 3 is 2.41 bits per heavy atom. The number of sulfonamides is 1. The molecule has 0 spiro atoms. The highest BCUT2D eigenvalue weighted by atomic mass is 32.2. The molecule has 8 heteroatoms. The fourth-order valence-corrected chi connectivity index (χ4v) is 2.91. The van der Waals surface area contributed by atoms with Crippen LogP contribution in [-0.2, 0) is 24.1 Å². The van der Waals surface area contributed by atoms with Gasteiger partial charge in [-0.1, -0.05) is 0 Å². The molecule has 1 heterocycles. The second kappa shape index (κ2) is 3.81. The summed E-state index contributed by atoms with van der Waals surface area (Å²) in [6, 6.07) is -0.0815. The molecule has 1 saturated carbocycles. The summed E-state index contributed by atoms with van der Waals surface area (Å²) in [6.45, 7) is 0. The van der Waals surface area contributed by atoms with E-state index in [4.69, 9.17) is 0 Å². The molecule has 1 N–H and O–H groups in total. The molecule has 1 fully saturated rings. The van der Waals surface area contributed by atoms with E-state index >= 15 is 0 Å². The van der Waals surface area contributed by atoms with E-state index in [-0.39, 0.29) is 6.04 Å². The number of nitrogens with zero attached hydrogens (tertiary/aromatic N) is 2. The first-order chi connectivity index (χ1) is 7.83. The van der Waals surface area contributed by atoms with Crippen LogP contribution in [0.1, 0.15) is 12.8 Å². The molecule has 0 bridgehead atoms. The molecule has 2 rings (SSSR count). The molecule has 1 aromatic rings. The predicted octanol–water partition coefficient (Wildman–Crippen LogP) is -1.48. The Morgan fingerprint density at radius 2 is 1.88 bits per heavy atom. The van der Waals surface area contributed by atoms with Gasteiger partial charge in [0.05, 0.1) is 0 Å². The van der Waals surface area contributed by atoms with Crippen molar-refractivity contribution in [1.82, 2.24) is 13.9 Å².